The Hall–Kier alpha value is -1.32. The van der Waals surface area contributed by atoms with E-state index in [2.05, 4.69) is 28.9 Å². The zero-order valence-electron chi connectivity index (χ0n) is 12.0. The minimum absolute atomic E-state index is 0.581. The topological polar surface area (TPSA) is 29.5 Å². The maximum absolute atomic E-state index is 10.5. The molecule has 2 rings (SSSR count). The van der Waals surface area contributed by atoms with E-state index in [4.69, 9.17) is 4.74 Å². The monoisotopic (exact) mass is 334 g/mol. The molecule has 0 bridgehead atoms. The predicted octanol–water partition coefficient (Wildman–Crippen LogP) is 4.35. The molecule has 2 nitrogen and oxygen atoms in total. The van der Waals surface area contributed by atoms with Crippen molar-refractivity contribution in [2.24, 2.45) is 0 Å². The summed E-state index contributed by atoms with van der Waals surface area (Å²) in [5.74, 6) is 0.729. The van der Waals surface area contributed by atoms with Crippen LogP contribution in [-0.2, 0) is 6.42 Å². The van der Waals surface area contributed by atoms with Crippen molar-refractivity contribution in [3.63, 3.8) is 0 Å². The highest BCUT2D eigenvalue weighted by atomic mass is 79.9. The maximum atomic E-state index is 10.5. The molecule has 0 spiro atoms. The van der Waals surface area contributed by atoms with E-state index in [-0.39, 0.29) is 0 Å². The molecule has 0 aliphatic rings. The summed E-state index contributed by atoms with van der Waals surface area (Å²) in [6.07, 6.45) is 0.00128. The van der Waals surface area contributed by atoms with Gasteiger partial charge in [0.05, 0.1) is 13.2 Å². The van der Waals surface area contributed by atoms with E-state index in [1.807, 2.05) is 37.3 Å². The Morgan fingerprint density at radius 1 is 1.15 bits per heavy atom. The van der Waals surface area contributed by atoms with Crippen LogP contribution in [0.3, 0.4) is 0 Å². The fraction of sp³-hybridized carbons (Fsp3) is 0.294. The van der Waals surface area contributed by atoms with Crippen molar-refractivity contribution in [3.05, 3.63) is 63.1 Å². The lowest BCUT2D eigenvalue weighted by molar-refractivity contribution is 0.173. The number of benzene rings is 2. The Labute approximate surface area is 128 Å². The van der Waals surface area contributed by atoms with Crippen LogP contribution in [0.4, 0.5) is 0 Å². The smallest absolute Gasteiger partial charge is 0.125 e. The van der Waals surface area contributed by atoms with E-state index in [0.717, 1.165) is 26.9 Å². The van der Waals surface area contributed by atoms with Gasteiger partial charge in [0.2, 0.25) is 0 Å². The second-order valence-corrected chi connectivity index (χ2v) is 5.84. The van der Waals surface area contributed by atoms with Gasteiger partial charge in [-0.05, 0) is 42.7 Å². The van der Waals surface area contributed by atoms with Gasteiger partial charge in [0.1, 0.15) is 5.75 Å². The van der Waals surface area contributed by atoms with Crippen molar-refractivity contribution in [1.82, 2.24) is 0 Å². The Kier molecular flexibility index (Phi) is 4.84. The number of aliphatic hydroxyl groups is 1. The van der Waals surface area contributed by atoms with Gasteiger partial charge in [-0.25, -0.2) is 0 Å². The second-order valence-electron chi connectivity index (χ2n) is 4.99. The predicted molar refractivity (Wildman–Crippen MR) is 85.3 cm³/mol. The van der Waals surface area contributed by atoms with Crippen LogP contribution >= 0.6 is 15.9 Å². The van der Waals surface area contributed by atoms with Gasteiger partial charge < -0.3 is 9.84 Å². The molecule has 0 aromatic heterocycles. The zero-order valence-corrected chi connectivity index (χ0v) is 13.6. The number of ether oxygens (including phenoxy) is 1. The second kappa shape index (κ2) is 6.42. The summed E-state index contributed by atoms with van der Waals surface area (Å²) in [6.45, 7) is 4.06. The lowest BCUT2D eigenvalue weighted by Crippen LogP contribution is -2.06. The van der Waals surface area contributed by atoms with Gasteiger partial charge in [0.25, 0.3) is 0 Å². The van der Waals surface area contributed by atoms with Crippen LogP contribution in [0.2, 0.25) is 0 Å². The van der Waals surface area contributed by atoms with Crippen LogP contribution in [0, 0.1) is 13.8 Å². The van der Waals surface area contributed by atoms with Gasteiger partial charge in [-0.3, -0.25) is 0 Å². The summed E-state index contributed by atoms with van der Waals surface area (Å²) in [7, 11) is 1.63. The molecular weight excluding hydrogens is 316 g/mol. The number of aliphatic hydroxyl groups excluding tert-OH is 1. The van der Waals surface area contributed by atoms with Crippen LogP contribution in [0.15, 0.2) is 40.9 Å². The molecule has 0 heterocycles. The largest absolute Gasteiger partial charge is 0.496 e. The van der Waals surface area contributed by atoms with E-state index in [1.165, 1.54) is 5.56 Å². The third-order valence-electron chi connectivity index (χ3n) is 3.54. The minimum atomic E-state index is -0.581. The average molecular weight is 335 g/mol. The molecule has 0 radical (unpaired) electrons. The van der Waals surface area contributed by atoms with Crippen LogP contribution in [0.1, 0.15) is 28.4 Å². The molecule has 20 heavy (non-hydrogen) atoms. The van der Waals surface area contributed by atoms with Crippen molar-refractivity contribution < 1.29 is 9.84 Å². The molecule has 1 unspecified atom stereocenters. The van der Waals surface area contributed by atoms with Crippen LogP contribution in [0.25, 0.3) is 0 Å². The average Bonchev–Trinajstić information content (AvgIpc) is 2.43. The number of methoxy groups -OCH3 is 1. The van der Waals surface area contributed by atoms with Crippen LogP contribution in [0.5, 0.6) is 5.75 Å². The van der Waals surface area contributed by atoms with Gasteiger partial charge in [0.15, 0.2) is 0 Å². The first kappa shape index (κ1) is 15.1. The molecule has 0 saturated carbocycles. The standard InChI is InChI=1S/C17H19BrO2/c1-11-6-4-5-7-13(11)9-16(19)14-10-15(18)12(2)8-17(14)20-3/h4-8,10,16,19H,9H2,1-3H3. The fourth-order valence-electron chi connectivity index (χ4n) is 2.26. The van der Waals surface area contributed by atoms with Gasteiger partial charge in [-0.1, -0.05) is 40.2 Å². The molecular formula is C17H19BrO2. The van der Waals surface area contributed by atoms with Gasteiger partial charge in [0, 0.05) is 16.5 Å². The van der Waals surface area contributed by atoms with Crippen LogP contribution in [-0.4, -0.2) is 12.2 Å². The first-order valence-electron chi connectivity index (χ1n) is 6.59. The summed E-state index contributed by atoms with van der Waals surface area (Å²) in [4.78, 5) is 0. The van der Waals surface area contributed by atoms with Crippen LogP contribution < -0.4 is 4.74 Å². The molecule has 0 amide bonds. The Morgan fingerprint density at radius 3 is 2.50 bits per heavy atom. The molecule has 0 fully saturated rings. The summed E-state index contributed by atoms with van der Waals surface area (Å²) >= 11 is 3.51. The Bertz CT molecular complexity index is 608. The fourth-order valence-corrected chi connectivity index (χ4v) is 2.63. The molecule has 1 N–H and O–H groups in total. The highest BCUT2D eigenvalue weighted by Crippen LogP contribution is 2.33. The van der Waals surface area contributed by atoms with E-state index in [9.17, 15) is 5.11 Å². The number of hydrogen-bond acceptors (Lipinski definition) is 2. The van der Waals surface area contributed by atoms with Crippen molar-refractivity contribution in [2.75, 3.05) is 7.11 Å². The molecule has 3 heteroatoms. The summed E-state index contributed by atoms with van der Waals surface area (Å²) in [6, 6.07) is 12.0. The molecule has 0 aliphatic heterocycles. The molecule has 0 aliphatic carbocycles. The maximum Gasteiger partial charge on any atom is 0.125 e. The molecule has 106 valence electrons. The number of halogens is 1. The quantitative estimate of drug-likeness (QED) is 0.900. The molecule has 1 atom stereocenters. The Morgan fingerprint density at radius 2 is 1.85 bits per heavy atom. The SMILES string of the molecule is COc1cc(C)c(Br)cc1C(O)Cc1ccccc1C. The van der Waals surface area contributed by atoms with Gasteiger partial charge in [-0.2, -0.15) is 0 Å². The molecule has 0 saturated heterocycles. The molecule has 2 aromatic rings. The van der Waals surface area contributed by atoms with Crippen molar-refractivity contribution in [1.29, 1.82) is 0 Å². The van der Waals surface area contributed by atoms with Crippen molar-refractivity contribution in [2.45, 2.75) is 26.4 Å². The van der Waals surface area contributed by atoms with E-state index < -0.39 is 6.10 Å². The summed E-state index contributed by atoms with van der Waals surface area (Å²) in [5.41, 5.74) is 4.25. The third-order valence-corrected chi connectivity index (χ3v) is 4.40. The lowest BCUT2D eigenvalue weighted by atomic mass is 9.97. The van der Waals surface area contributed by atoms with E-state index >= 15 is 0 Å². The highest BCUT2D eigenvalue weighted by molar-refractivity contribution is 9.10. The van der Waals surface area contributed by atoms with Gasteiger partial charge in [-0.15, -0.1) is 0 Å². The minimum Gasteiger partial charge on any atom is -0.496 e. The summed E-state index contributed by atoms with van der Waals surface area (Å²) < 4.78 is 6.37. The first-order valence-corrected chi connectivity index (χ1v) is 7.39. The Balaban J connectivity index is 2.32. The van der Waals surface area contributed by atoms with Crippen molar-refractivity contribution in [3.8, 4) is 5.75 Å². The van der Waals surface area contributed by atoms with E-state index in [0.29, 0.717) is 6.42 Å². The lowest BCUT2D eigenvalue weighted by Gasteiger charge is -2.17. The summed E-state index contributed by atoms with van der Waals surface area (Å²) in [5, 5.41) is 10.5. The van der Waals surface area contributed by atoms with Gasteiger partial charge >= 0.3 is 0 Å². The number of aryl methyl sites for hydroxylation is 2. The zero-order chi connectivity index (χ0) is 14.7. The normalized spacial score (nSPS) is 12.2. The number of rotatable bonds is 4. The highest BCUT2D eigenvalue weighted by Gasteiger charge is 2.16. The third kappa shape index (κ3) is 3.22. The van der Waals surface area contributed by atoms with Crippen molar-refractivity contribution >= 4 is 15.9 Å². The van der Waals surface area contributed by atoms with E-state index in [1.54, 1.807) is 7.11 Å². The first-order chi connectivity index (χ1) is 9.52. The number of hydrogen-bond donors (Lipinski definition) is 1. The molecule has 2 aromatic carbocycles.